The van der Waals surface area contributed by atoms with Gasteiger partial charge in [0.05, 0.1) is 6.10 Å². The average molecular weight is 213 g/mol. The third kappa shape index (κ3) is 3.18. The number of likely N-dealkylation sites (tertiary alicyclic amines) is 1. The van der Waals surface area contributed by atoms with E-state index in [1.54, 1.807) is 0 Å². The monoisotopic (exact) mass is 213 g/mol. The minimum Gasteiger partial charge on any atom is -0.392 e. The second-order valence-electron chi connectivity index (χ2n) is 5.14. The van der Waals surface area contributed by atoms with Gasteiger partial charge < -0.3 is 5.11 Å². The van der Waals surface area contributed by atoms with Crippen LogP contribution in [0.4, 0.5) is 0 Å². The molecule has 1 aliphatic rings. The lowest BCUT2D eigenvalue weighted by Crippen LogP contribution is -2.41. The lowest BCUT2D eigenvalue weighted by atomic mass is 10.0. The Bertz CT molecular complexity index is 183. The summed E-state index contributed by atoms with van der Waals surface area (Å²) in [6, 6.07) is 1.37. The van der Waals surface area contributed by atoms with Crippen LogP contribution < -0.4 is 0 Å². The van der Waals surface area contributed by atoms with Crippen LogP contribution >= 0.6 is 0 Å². The molecular formula is C13H27NO. The molecule has 0 amide bonds. The molecule has 0 aromatic heterocycles. The normalized spacial score (nSPS) is 31.8. The SMILES string of the molecule is CCC(C)C(O)CN1C(C)CCC1CC. The predicted octanol–water partition coefficient (Wildman–Crippen LogP) is 2.66. The van der Waals surface area contributed by atoms with Gasteiger partial charge in [0.15, 0.2) is 0 Å². The van der Waals surface area contributed by atoms with Gasteiger partial charge in [0.25, 0.3) is 0 Å². The molecule has 2 nitrogen and oxygen atoms in total. The maximum atomic E-state index is 10.1. The minimum absolute atomic E-state index is 0.149. The molecular weight excluding hydrogens is 186 g/mol. The molecule has 0 aromatic carbocycles. The van der Waals surface area contributed by atoms with Crippen LogP contribution in [0.1, 0.15) is 53.4 Å². The van der Waals surface area contributed by atoms with Crippen molar-refractivity contribution < 1.29 is 5.11 Å². The largest absolute Gasteiger partial charge is 0.392 e. The molecule has 0 aromatic rings. The van der Waals surface area contributed by atoms with E-state index in [1.165, 1.54) is 19.3 Å². The molecule has 0 radical (unpaired) electrons. The molecule has 90 valence electrons. The molecule has 0 aliphatic carbocycles. The van der Waals surface area contributed by atoms with Gasteiger partial charge in [-0.3, -0.25) is 4.90 Å². The maximum absolute atomic E-state index is 10.1. The first kappa shape index (κ1) is 13.0. The standard InChI is InChI=1S/C13H27NO/c1-5-10(3)13(15)9-14-11(4)7-8-12(14)6-2/h10-13,15H,5-9H2,1-4H3. The minimum atomic E-state index is -0.149. The maximum Gasteiger partial charge on any atom is 0.0692 e. The van der Waals surface area contributed by atoms with Crippen molar-refractivity contribution in [2.24, 2.45) is 5.92 Å². The van der Waals surface area contributed by atoms with Crippen LogP contribution in [0, 0.1) is 5.92 Å². The van der Waals surface area contributed by atoms with E-state index in [2.05, 4.69) is 32.6 Å². The Balaban J connectivity index is 2.47. The van der Waals surface area contributed by atoms with Gasteiger partial charge in [-0.15, -0.1) is 0 Å². The zero-order valence-corrected chi connectivity index (χ0v) is 10.7. The molecule has 1 fully saturated rings. The van der Waals surface area contributed by atoms with Crippen LogP contribution in [-0.2, 0) is 0 Å². The fraction of sp³-hybridized carbons (Fsp3) is 1.00. The van der Waals surface area contributed by atoms with Crippen LogP contribution in [0.5, 0.6) is 0 Å². The molecule has 0 saturated carbocycles. The highest BCUT2D eigenvalue weighted by molar-refractivity contribution is 4.86. The van der Waals surface area contributed by atoms with Crippen LogP contribution in [0.3, 0.4) is 0 Å². The molecule has 2 heteroatoms. The Labute approximate surface area is 94.7 Å². The van der Waals surface area contributed by atoms with Crippen molar-refractivity contribution in [3.8, 4) is 0 Å². The lowest BCUT2D eigenvalue weighted by Gasteiger charge is -2.31. The molecule has 1 aliphatic heterocycles. The number of hydrogen-bond donors (Lipinski definition) is 1. The fourth-order valence-corrected chi connectivity index (χ4v) is 2.56. The summed E-state index contributed by atoms with van der Waals surface area (Å²) in [5.74, 6) is 0.426. The quantitative estimate of drug-likeness (QED) is 0.759. The van der Waals surface area contributed by atoms with E-state index in [4.69, 9.17) is 0 Å². The summed E-state index contributed by atoms with van der Waals surface area (Å²) in [5.41, 5.74) is 0. The summed E-state index contributed by atoms with van der Waals surface area (Å²) >= 11 is 0. The zero-order valence-electron chi connectivity index (χ0n) is 10.7. The van der Waals surface area contributed by atoms with E-state index in [0.717, 1.165) is 13.0 Å². The van der Waals surface area contributed by atoms with Gasteiger partial charge >= 0.3 is 0 Å². The van der Waals surface area contributed by atoms with E-state index >= 15 is 0 Å². The van der Waals surface area contributed by atoms with Crippen LogP contribution in [-0.4, -0.2) is 34.7 Å². The number of nitrogens with zero attached hydrogens (tertiary/aromatic N) is 1. The molecule has 0 bridgehead atoms. The van der Waals surface area contributed by atoms with Gasteiger partial charge in [-0.1, -0.05) is 27.2 Å². The highest BCUT2D eigenvalue weighted by atomic mass is 16.3. The fourth-order valence-electron chi connectivity index (χ4n) is 2.56. The lowest BCUT2D eigenvalue weighted by molar-refractivity contribution is 0.0499. The number of hydrogen-bond acceptors (Lipinski definition) is 2. The smallest absolute Gasteiger partial charge is 0.0692 e. The predicted molar refractivity (Wildman–Crippen MR) is 64.9 cm³/mol. The molecule has 4 unspecified atom stereocenters. The molecule has 1 heterocycles. The summed E-state index contributed by atoms with van der Waals surface area (Å²) in [5, 5.41) is 10.1. The van der Waals surface area contributed by atoms with E-state index in [0.29, 0.717) is 18.0 Å². The van der Waals surface area contributed by atoms with E-state index < -0.39 is 0 Å². The van der Waals surface area contributed by atoms with Gasteiger partial charge in [0.2, 0.25) is 0 Å². The molecule has 0 spiro atoms. The highest BCUT2D eigenvalue weighted by Crippen LogP contribution is 2.26. The number of rotatable bonds is 5. The van der Waals surface area contributed by atoms with Crippen LogP contribution in [0.25, 0.3) is 0 Å². The summed E-state index contributed by atoms with van der Waals surface area (Å²) in [6.07, 6.45) is 4.75. The summed E-state index contributed by atoms with van der Waals surface area (Å²) < 4.78 is 0. The van der Waals surface area contributed by atoms with E-state index in [9.17, 15) is 5.11 Å². The number of aliphatic hydroxyl groups excluding tert-OH is 1. The Kier molecular flexibility index (Phi) is 5.07. The van der Waals surface area contributed by atoms with Crippen molar-refractivity contribution in [2.45, 2.75) is 71.6 Å². The number of β-amino-alcohol motifs (C(OH)–C–C–N with tert-alkyl or cyclic N) is 1. The molecule has 1 rings (SSSR count). The molecule has 1 N–H and O–H groups in total. The highest BCUT2D eigenvalue weighted by Gasteiger charge is 2.31. The van der Waals surface area contributed by atoms with Gasteiger partial charge in [-0.25, -0.2) is 0 Å². The molecule has 15 heavy (non-hydrogen) atoms. The Hall–Kier alpha value is -0.0800. The molecule has 4 atom stereocenters. The first-order chi connectivity index (χ1) is 7.10. The van der Waals surface area contributed by atoms with Gasteiger partial charge in [-0.05, 0) is 32.1 Å². The summed E-state index contributed by atoms with van der Waals surface area (Å²) in [4.78, 5) is 2.51. The summed E-state index contributed by atoms with van der Waals surface area (Å²) in [7, 11) is 0. The van der Waals surface area contributed by atoms with Gasteiger partial charge in [0.1, 0.15) is 0 Å². The first-order valence-electron chi connectivity index (χ1n) is 6.53. The van der Waals surface area contributed by atoms with Crippen LogP contribution in [0.15, 0.2) is 0 Å². The Morgan fingerprint density at radius 3 is 2.53 bits per heavy atom. The van der Waals surface area contributed by atoms with Gasteiger partial charge in [0, 0.05) is 18.6 Å². The van der Waals surface area contributed by atoms with Crippen molar-refractivity contribution in [1.29, 1.82) is 0 Å². The zero-order chi connectivity index (χ0) is 11.4. The van der Waals surface area contributed by atoms with Crippen molar-refractivity contribution in [2.75, 3.05) is 6.54 Å². The van der Waals surface area contributed by atoms with E-state index in [1.807, 2.05) is 0 Å². The van der Waals surface area contributed by atoms with Crippen molar-refractivity contribution in [1.82, 2.24) is 4.90 Å². The Morgan fingerprint density at radius 2 is 2.00 bits per heavy atom. The topological polar surface area (TPSA) is 23.5 Å². The summed E-state index contributed by atoms with van der Waals surface area (Å²) in [6.45, 7) is 9.71. The van der Waals surface area contributed by atoms with Gasteiger partial charge in [-0.2, -0.15) is 0 Å². The second kappa shape index (κ2) is 5.86. The molecule has 1 saturated heterocycles. The van der Waals surface area contributed by atoms with Crippen molar-refractivity contribution in [3.05, 3.63) is 0 Å². The third-order valence-corrected chi connectivity index (χ3v) is 4.12. The number of aliphatic hydroxyl groups is 1. The Morgan fingerprint density at radius 1 is 1.33 bits per heavy atom. The van der Waals surface area contributed by atoms with Crippen LogP contribution in [0.2, 0.25) is 0 Å². The third-order valence-electron chi connectivity index (χ3n) is 4.12. The van der Waals surface area contributed by atoms with E-state index in [-0.39, 0.29) is 6.10 Å². The van der Waals surface area contributed by atoms with Crippen molar-refractivity contribution in [3.63, 3.8) is 0 Å². The first-order valence-corrected chi connectivity index (χ1v) is 6.53. The van der Waals surface area contributed by atoms with Crippen molar-refractivity contribution >= 4 is 0 Å². The average Bonchev–Trinajstić information content (AvgIpc) is 2.59. The second-order valence-corrected chi connectivity index (χ2v) is 5.14.